The van der Waals surface area contributed by atoms with Crippen LogP contribution in [0.5, 0.6) is 0 Å². The van der Waals surface area contributed by atoms with Crippen LogP contribution < -0.4 is 5.32 Å². The second-order valence-corrected chi connectivity index (χ2v) is 5.89. The van der Waals surface area contributed by atoms with Gasteiger partial charge in [0.15, 0.2) is 0 Å². The molecule has 4 nitrogen and oxygen atoms in total. The third-order valence-electron chi connectivity index (χ3n) is 4.00. The number of anilines is 1. The molecule has 1 amide bonds. The normalized spacial score (nSPS) is 17.5. The van der Waals surface area contributed by atoms with Gasteiger partial charge in [0.1, 0.15) is 5.82 Å². The van der Waals surface area contributed by atoms with Crippen LogP contribution in [0.25, 0.3) is 5.69 Å². The number of allylic oxidation sites excluding steroid dienone is 2. The maximum Gasteiger partial charge on any atom is 0.228 e. The number of carbonyl (C=O) groups excluding carboxylic acids is 1. The third kappa shape index (κ3) is 3.11. The smallest absolute Gasteiger partial charge is 0.228 e. The van der Waals surface area contributed by atoms with E-state index in [1.807, 2.05) is 37.3 Å². The zero-order valence-electron chi connectivity index (χ0n) is 13.0. The second kappa shape index (κ2) is 6.18. The largest absolute Gasteiger partial charge is 0.310 e. The molecule has 1 heterocycles. The molecule has 0 fully saturated rings. The summed E-state index contributed by atoms with van der Waals surface area (Å²) in [5.74, 6) is 0.880. The standard InChI is InChI=1S/C18H21N3O/c1-13-8-10-16(11-9-13)21-17(12-14(2)20-21)19-18(22)15-6-4-3-5-7-15/h3-4,8-12,15H,5-7H2,1-2H3,(H,19,22)/t15-/m1/s1. The van der Waals surface area contributed by atoms with E-state index in [4.69, 9.17) is 0 Å². The molecule has 1 aromatic carbocycles. The van der Waals surface area contributed by atoms with Gasteiger partial charge in [-0.15, -0.1) is 0 Å². The summed E-state index contributed by atoms with van der Waals surface area (Å²) in [7, 11) is 0. The number of aromatic nitrogens is 2. The highest BCUT2D eigenvalue weighted by Gasteiger charge is 2.20. The van der Waals surface area contributed by atoms with Gasteiger partial charge in [0.25, 0.3) is 0 Å². The first-order valence-electron chi connectivity index (χ1n) is 7.73. The minimum atomic E-state index is 0.0617. The molecule has 1 aromatic heterocycles. The van der Waals surface area contributed by atoms with Crippen molar-refractivity contribution >= 4 is 11.7 Å². The van der Waals surface area contributed by atoms with Crippen LogP contribution in [0.1, 0.15) is 30.5 Å². The lowest BCUT2D eigenvalue weighted by Gasteiger charge is -2.17. The van der Waals surface area contributed by atoms with Crippen molar-refractivity contribution in [1.82, 2.24) is 9.78 Å². The van der Waals surface area contributed by atoms with E-state index in [1.165, 1.54) is 5.56 Å². The van der Waals surface area contributed by atoms with E-state index in [0.717, 1.165) is 36.5 Å². The Morgan fingerprint density at radius 2 is 2.00 bits per heavy atom. The molecule has 1 aliphatic carbocycles. The Bertz CT molecular complexity index is 698. The van der Waals surface area contributed by atoms with E-state index in [2.05, 4.69) is 29.5 Å². The molecule has 1 aliphatic rings. The average Bonchev–Trinajstić information content (AvgIpc) is 2.89. The van der Waals surface area contributed by atoms with Gasteiger partial charge >= 0.3 is 0 Å². The van der Waals surface area contributed by atoms with Gasteiger partial charge in [0.2, 0.25) is 5.91 Å². The van der Waals surface area contributed by atoms with Crippen molar-refractivity contribution in [1.29, 1.82) is 0 Å². The van der Waals surface area contributed by atoms with Crippen LogP contribution in [0.4, 0.5) is 5.82 Å². The predicted octanol–water partition coefficient (Wildman–Crippen LogP) is 3.78. The van der Waals surface area contributed by atoms with Gasteiger partial charge in [-0.1, -0.05) is 29.8 Å². The predicted molar refractivity (Wildman–Crippen MR) is 88.1 cm³/mol. The van der Waals surface area contributed by atoms with Crippen LogP contribution >= 0.6 is 0 Å². The summed E-state index contributed by atoms with van der Waals surface area (Å²) in [5.41, 5.74) is 3.05. The first-order valence-corrected chi connectivity index (χ1v) is 7.73. The van der Waals surface area contributed by atoms with Crippen LogP contribution in [0.2, 0.25) is 0 Å². The van der Waals surface area contributed by atoms with Crippen molar-refractivity contribution in [2.45, 2.75) is 33.1 Å². The summed E-state index contributed by atoms with van der Waals surface area (Å²) >= 11 is 0. The van der Waals surface area contributed by atoms with Crippen molar-refractivity contribution < 1.29 is 4.79 Å². The number of hydrogen-bond donors (Lipinski definition) is 1. The Balaban J connectivity index is 1.83. The number of carbonyl (C=O) groups is 1. The van der Waals surface area contributed by atoms with Gasteiger partial charge in [0, 0.05) is 12.0 Å². The molecule has 3 rings (SSSR count). The summed E-state index contributed by atoms with van der Waals surface area (Å²) in [6.45, 7) is 3.99. The maximum absolute atomic E-state index is 12.4. The Kier molecular flexibility index (Phi) is 4.09. The lowest BCUT2D eigenvalue weighted by atomic mass is 9.94. The first-order chi connectivity index (χ1) is 10.6. The van der Waals surface area contributed by atoms with Gasteiger partial charge in [-0.25, -0.2) is 4.68 Å². The Morgan fingerprint density at radius 3 is 2.68 bits per heavy atom. The molecule has 22 heavy (non-hydrogen) atoms. The van der Waals surface area contributed by atoms with Crippen LogP contribution in [-0.2, 0) is 4.79 Å². The fourth-order valence-electron chi connectivity index (χ4n) is 2.73. The van der Waals surface area contributed by atoms with Crippen LogP contribution in [-0.4, -0.2) is 15.7 Å². The summed E-state index contributed by atoms with van der Waals surface area (Å²) in [5, 5.41) is 7.54. The number of nitrogens with one attached hydrogen (secondary N) is 1. The summed E-state index contributed by atoms with van der Waals surface area (Å²) in [4.78, 5) is 12.4. The SMILES string of the molecule is Cc1ccc(-n2nc(C)cc2NC(=O)[C@@H]2CC=CCC2)cc1. The van der Waals surface area contributed by atoms with E-state index in [1.54, 1.807) is 4.68 Å². The molecule has 0 saturated carbocycles. The summed E-state index contributed by atoms with van der Waals surface area (Å²) in [6.07, 6.45) is 6.96. The summed E-state index contributed by atoms with van der Waals surface area (Å²) in [6, 6.07) is 10.0. The van der Waals surface area contributed by atoms with E-state index in [-0.39, 0.29) is 11.8 Å². The number of benzene rings is 1. The first kappa shape index (κ1) is 14.6. The number of hydrogen-bond acceptors (Lipinski definition) is 2. The number of nitrogens with zero attached hydrogens (tertiary/aromatic N) is 2. The molecule has 1 atom stereocenters. The van der Waals surface area contributed by atoms with E-state index in [9.17, 15) is 4.79 Å². The van der Waals surface area contributed by atoms with E-state index >= 15 is 0 Å². The molecule has 0 radical (unpaired) electrons. The number of rotatable bonds is 3. The maximum atomic E-state index is 12.4. The number of amides is 1. The van der Waals surface area contributed by atoms with Crippen LogP contribution in [0.15, 0.2) is 42.5 Å². The minimum absolute atomic E-state index is 0.0617. The topological polar surface area (TPSA) is 46.9 Å². The van der Waals surface area contributed by atoms with E-state index < -0.39 is 0 Å². The molecule has 1 N–H and O–H groups in total. The van der Waals surface area contributed by atoms with Gasteiger partial charge < -0.3 is 5.32 Å². The zero-order chi connectivity index (χ0) is 15.5. The fraction of sp³-hybridized carbons (Fsp3) is 0.333. The molecule has 4 heteroatoms. The van der Waals surface area contributed by atoms with Crippen molar-refractivity contribution in [3.8, 4) is 5.69 Å². The van der Waals surface area contributed by atoms with Gasteiger partial charge in [-0.3, -0.25) is 4.79 Å². The molecule has 0 spiro atoms. The molecule has 0 saturated heterocycles. The van der Waals surface area contributed by atoms with Gasteiger partial charge in [-0.2, -0.15) is 5.10 Å². The lowest BCUT2D eigenvalue weighted by Crippen LogP contribution is -2.24. The van der Waals surface area contributed by atoms with Crippen molar-refractivity contribution in [2.75, 3.05) is 5.32 Å². The van der Waals surface area contributed by atoms with Crippen molar-refractivity contribution in [3.05, 3.63) is 53.7 Å². The van der Waals surface area contributed by atoms with Crippen molar-refractivity contribution in [2.24, 2.45) is 5.92 Å². The minimum Gasteiger partial charge on any atom is -0.310 e. The Labute approximate surface area is 130 Å². The molecule has 0 bridgehead atoms. The zero-order valence-corrected chi connectivity index (χ0v) is 13.0. The van der Waals surface area contributed by atoms with Crippen molar-refractivity contribution in [3.63, 3.8) is 0 Å². The van der Waals surface area contributed by atoms with Gasteiger partial charge in [0.05, 0.1) is 11.4 Å². The fourth-order valence-corrected chi connectivity index (χ4v) is 2.73. The molecule has 0 unspecified atom stereocenters. The highest BCUT2D eigenvalue weighted by molar-refractivity contribution is 5.92. The number of aryl methyl sites for hydroxylation is 2. The summed E-state index contributed by atoms with van der Waals surface area (Å²) < 4.78 is 1.80. The monoisotopic (exact) mass is 295 g/mol. The highest BCUT2D eigenvalue weighted by Crippen LogP contribution is 2.22. The van der Waals surface area contributed by atoms with Crippen LogP contribution in [0.3, 0.4) is 0 Å². The average molecular weight is 295 g/mol. The molecule has 114 valence electrons. The van der Waals surface area contributed by atoms with E-state index in [0.29, 0.717) is 0 Å². The highest BCUT2D eigenvalue weighted by atomic mass is 16.2. The molecule has 0 aliphatic heterocycles. The van der Waals surface area contributed by atoms with Crippen LogP contribution in [0, 0.1) is 19.8 Å². The third-order valence-corrected chi connectivity index (χ3v) is 4.00. The lowest BCUT2D eigenvalue weighted by molar-refractivity contribution is -0.120. The molecule has 2 aromatic rings. The quantitative estimate of drug-likeness (QED) is 0.876. The second-order valence-electron chi connectivity index (χ2n) is 5.89. The molecular weight excluding hydrogens is 274 g/mol. The van der Waals surface area contributed by atoms with Gasteiger partial charge in [-0.05, 0) is 45.2 Å². The Morgan fingerprint density at radius 1 is 1.23 bits per heavy atom. The molecular formula is C18H21N3O. The Hall–Kier alpha value is -2.36.